The summed E-state index contributed by atoms with van der Waals surface area (Å²) in [6, 6.07) is 11.3. The number of benzene rings is 2. The summed E-state index contributed by atoms with van der Waals surface area (Å²) in [5, 5.41) is 11.2. The second-order valence-corrected chi connectivity index (χ2v) is 8.03. The number of likely N-dealkylation sites (tertiary alicyclic amines) is 1. The molecule has 0 saturated carbocycles. The summed E-state index contributed by atoms with van der Waals surface area (Å²) < 4.78 is 16.3. The number of hydrogen-bond acceptors (Lipinski definition) is 7. The van der Waals surface area contributed by atoms with Gasteiger partial charge in [0.15, 0.2) is 11.5 Å². The number of carbonyl (C=O) groups is 2. The third kappa shape index (κ3) is 4.42. The van der Waals surface area contributed by atoms with Crippen LogP contribution in [0, 0.1) is 0 Å². The highest BCUT2D eigenvalue weighted by Crippen LogP contribution is 2.41. The van der Waals surface area contributed by atoms with Gasteiger partial charge in [0.2, 0.25) is 6.79 Å². The molecule has 0 radical (unpaired) electrons. The molecule has 1 N–H and O–H groups in total. The topological polar surface area (TPSA) is 88.5 Å². The smallest absolute Gasteiger partial charge is 0.295 e. The quantitative estimate of drug-likeness (QED) is 0.286. The summed E-state index contributed by atoms with van der Waals surface area (Å²) in [6.07, 6.45) is 1.65. The number of nitrogens with zero attached hydrogens (tertiary/aromatic N) is 2. The average Bonchev–Trinajstić information content (AvgIpc) is 3.38. The predicted octanol–water partition coefficient (Wildman–Crippen LogP) is 2.96. The van der Waals surface area contributed by atoms with Crippen molar-refractivity contribution >= 4 is 17.4 Å². The maximum atomic E-state index is 13.1. The Hall–Kier alpha value is -3.78. The predicted molar refractivity (Wildman–Crippen MR) is 122 cm³/mol. The first-order chi connectivity index (χ1) is 15.9. The molecule has 33 heavy (non-hydrogen) atoms. The van der Waals surface area contributed by atoms with Crippen LogP contribution in [-0.2, 0) is 9.59 Å². The summed E-state index contributed by atoms with van der Waals surface area (Å²) in [4.78, 5) is 29.5. The van der Waals surface area contributed by atoms with Crippen LogP contribution in [0.15, 0.2) is 60.7 Å². The van der Waals surface area contributed by atoms with Gasteiger partial charge in [-0.25, -0.2) is 0 Å². The molecule has 0 bridgehead atoms. The van der Waals surface area contributed by atoms with E-state index < -0.39 is 17.7 Å². The van der Waals surface area contributed by atoms with Crippen LogP contribution in [0.2, 0.25) is 0 Å². The maximum Gasteiger partial charge on any atom is 0.295 e. The van der Waals surface area contributed by atoms with Crippen LogP contribution in [0.3, 0.4) is 0 Å². The number of ketones is 1. The van der Waals surface area contributed by atoms with Gasteiger partial charge in [0.05, 0.1) is 11.6 Å². The van der Waals surface area contributed by atoms with E-state index in [9.17, 15) is 14.7 Å². The second kappa shape index (κ2) is 9.38. The fourth-order valence-corrected chi connectivity index (χ4v) is 3.87. The van der Waals surface area contributed by atoms with Crippen LogP contribution in [0.5, 0.6) is 17.2 Å². The lowest BCUT2D eigenvalue weighted by atomic mass is 9.95. The largest absolute Gasteiger partial charge is 0.507 e. The van der Waals surface area contributed by atoms with Crippen LogP contribution in [-0.4, -0.2) is 67.2 Å². The lowest BCUT2D eigenvalue weighted by molar-refractivity contribution is -0.140. The highest BCUT2D eigenvalue weighted by molar-refractivity contribution is 6.46. The first-order valence-corrected chi connectivity index (χ1v) is 10.6. The van der Waals surface area contributed by atoms with Crippen LogP contribution < -0.4 is 14.2 Å². The maximum absolute atomic E-state index is 13.1. The molecule has 2 aromatic carbocycles. The van der Waals surface area contributed by atoms with E-state index in [1.807, 2.05) is 19.0 Å². The minimum Gasteiger partial charge on any atom is -0.507 e. The van der Waals surface area contributed by atoms with Gasteiger partial charge in [-0.3, -0.25) is 9.59 Å². The summed E-state index contributed by atoms with van der Waals surface area (Å²) in [7, 11) is 3.79. The first kappa shape index (κ1) is 22.4. The van der Waals surface area contributed by atoms with Crippen molar-refractivity contribution in [3.8, 4) is 17.2 Å². The molecular weight excluding hydrogens is 424 g/mol. The molecule has 0 aromatic heterocycles. The summed E-state index contributed by atoms with van der Waals surface area (Å²) >= 11 is 0. The second-order valence-electron chi connectivity index (χ2n) is 8.03. The van der Waals surface area contributed by atoms with E-state index in [2.05, 4.69) is 6.58 Å². The lowest BCUT2D eigenvalue weighted by Gasteiger charge is -2.26. The van der Waals surface area contributed by atoms with Crippen LogP contribution in [0.4, 0.5) is 0 Å². The molecule has 1 unspecified atom stereocenters. The summed E-state index contributed by atoms with van der Waals surface area (Å²) in [5.74, 6) is 0.0542. The number of carbonyl (C=O) groups excluding carboxylic acids is 2. The van der Waals surface area contributed by atoms with Gasteiger partial charge < -0.3 is 29.1 Å². The van der Waals surface area contributed by atoms with Crippen LogP contribution in [0.1, 0.15) is 17.2 Å². The Balaban J connectivity index is 1.77. The third-order valence-electron chi connectivity index (χ3n) is 5.54. The van der Waals surface area contributed by atoms with Gasteiger partial charge >= 0.3 is 0 Å². The number of likely N-dealkylation sites (N-methyl/N-ethyl adjacent to an activating group) is 1. The Bertz CT molecular complexity index is 1110. The molecule has 8 nitrogen and oxygen atoms in total. The zero-order chi connectivity index (χ0) is 23.5. The number of rotatable bonds is 8. The molecule has 0 aliphatic carbocycles. The van der Waals surface area contributed by atoms with Gasteiger partial charge in [-0.15, -0.1) is 0 Å². The van der Waals surface area contributed by atoms with Gasteiger partial charge in [0.25, 0.3) is 11.7 Å². The molecule has 8 heteroatoms. The Labute approximate surface area is 192 Å². The van der Waals surface area contributed by atoms with Crippen molar-refractivity contribution in [2.24, 2.45) is 0 Å². The first-order valence-electron chi connectivity index (χ1n) is 10.6. The third-order valence-corrected chi connectivity index (χ3v) is 5.54. The van der Waals surface area contributed by atoms with Crippen molar-refractivity contribution in [1.82, 2.24) is 9.80 Å². The molecule has 1 saturated heterocycles. The fourth-order valence-electron chi connectivity index (χ4n) is 3.87. The van der Waals surface area contributed by atoms with Crippen molar-refractivity contribution in [2.75, 3.05) is 40.6 Å². The van der Waals surface area contributed by atoms with E-state index in [1.54, 1.807) is 48.5 Å². The average molecular weight is 450 g/mol. The van der Waals surface area contributed by atoms with Crippen molar-refractivity contribution in [2.45, 2.75) is 6.04 Å². The van der Waals surface area contributed by atoms with Crippen LogP contribution in [0.25, 0.3) is 5.76 Å². The van der Waals surface area contributed by atoms with Gasteiger partial charge in [0.1, 0.15) is 18.1 Å². The van der Waals surface area contributed by atoms with Crippen LogP contribution >= 0.6 is 0 Å². The Morgan fingerprint density at radius 1 is 1.18 bits per heavy atom. The SMILES string of the molecule is C=CCOc1ccc(C2/C(=C(\O)c3ccc4c(c3)OCO4)C(=O)C(=O)N2CCN(C)C)cc1. The number of fused-ring (bicyclic) bond motifs is 1. The molecule has 2 aliphatic heterocycles. The zero-order valence-electron chi connectivity index (χ0n) is 18.6. The van der Waals surface area contributed by atoms with E-state index in [1.165, 1.54) is 4.90 Å². The number of aliphatic hydroxyl groups is 1. The fraction of sp³-hybridized carbons (Fsp3) is 0.280. The summed E-state index contributed by atoms with van der Waals surface area (Å²) in [5.41, 5.74) is 1.11. The van der Waals surface area contributed by atoms with E-state index in [0.717, 1.165) is 0 Å². The highest BCUT2D eigenvalue weighted by atomic mass is 16.7. The summed E-state index contributed by atoms with van der Waals surface area (Å²) in [6.45, 7) is 4.99. The minimum absolute atomic E-state index is 0.0392. The lowest BCUT2D eigenvalue weighted by Crippen LogP contribution is -2.35. The van der Waals surface area contributed by atoms with E-state index in [0.29, 0.717) is 48.1 Å². The Morgan fingerprint density at radius 2 is 1.91 bits per heavy atom. The molecule has 2 heterocycles. The van der Waals surface area contributed by atoms with Crippen molar-refractivity contribution in [3.63, 3.8) is 0 Å². The number of hydrogen-bond donors (Lipinski definition) is 1. The molecule has 1 amide bonds. The number of aliphatic hydroxyl groups excluding tert-OH is 1. The van der Waals surface area contributed by atoms with Crippen molar-refractivity contribution < 1.29 is 28.9 Å². The molecule has 1 fully saturated rings. The van der Waals surface area contributed by atoms with Crippen molar-refractivity contribution in [3.05, 3.63) is 71.8 Å². The van der Waals surface area contributed by atoms with Gasteiger partial charge in [-0.05, 0) is 50.0 Å². The van der Waals surface area contributed by atoms with E-state index in [4.69, 9.17) is 14.2 Å². The van der Waals surface area contributed by atoms with Gasteiger partial charge in [0, 0.05) is 18.7 Å². The van der Waals surface area contributed by atoms with Gasteiger partial charge in [-0.2, -0.15) is 0 Å². The number of Topliss-reactive ketones (excluding diaryl/α,β-unsaturated/α-hetero) is 1. The number of ether oxygens (including phenoxy) is 3. The molecule has 2 aromatic rings. The molecule has 172 valence electrons. The normalized spacial score (nSPS) is 18.8. The minimum atomic E-state index is -0.733. The Morgan fingerprint density at radius 3 is 2.61 bits per heavy atom. The standard InChI is InChI=1S/C25H26N2O6/c1-4-13-31-18-8-5-16(6-9-18)22-21(24(29)25(30)27(22)12-11-26(2)3)23(28)17-7-10-19-20(14-17)33-15-32-19/h4-10,14,22,28H,1,11-13,15H2,2-3H3/b23-21+. The zero-order valence-corrected chi connectivity index (χ0v) is 18.6. The molecular formula is C25H26N2O6. The van der Waals surface area contributed by atoms with Gasteiger partial charge in [-0.1, -0.05) is 24.8 Å². The monoisotopic (exact) mass is 450 g/mol. The van der Waals surface area contributed by atoms with E-state index >= 15 is 0 Å². The Kier molecular flexibility index (Phi) is 6.37. The molecule has 2 aliphatic rings. The molecule has 1 atom stereocenters. The number of amides is 1. The molecule has 0 spiro atoms. The highest BCUT2D eigenvalue weighted by Gasteiger charge is 2.46. The molecule has 4 rings (SSSR count). The van der Waals surface area contributed by atoms with Crippen molar-refractivity contribution in [1.29, 1.82) is 0 Å². The van der Waals surface area contributed by atoms with E-state index in [-0.39, 0.29) is 18.1 Å².